The Labute approximate surface area is 127 Å². The van der Waals surface area contributed by atoms with Crippen molar-refractivity contribution in [2.45, 2.75) is 24.9 Å². The summed E-state index contributed by atoms with van der Waals surface area (Å²) >= 11 is 0. The Morgan fingerprint density at radius 3 is 2.62 bits per heavy atom. The fraction of sp³-hybridized carbons (Fsp3) is 0.389. The Morgan fingerprint density at radius 2 is 1.95 bits per heavy atom. The van der Waals surface area contributed by atoms with Gasteiger partial charge in [0.25, 0.3) is 0 Å². The number of benzene rings is 1. The van der Waals surface area contributed by atoms with Gasteiger partial charge in [-0.3, -0.25) is 9.69 Å². The number of carbonyl (C=O) groups is 1. The molecule has 0 saturated carbocycles. The predicted octanol–water partition coefficient (Wildman–Crippen LogP) is 2.97. The molecule has 1 aromatic rings. The molecule has 0 aromatic heterocycles. The van der Waals surface area contributed by atoms with Crippen LogP contribution in [0.4, 0.5) is 0 Å². The molecule has 0 spiro atoms. The third-order valence-corrected chi connectivity index (χ3v) is 4.12. The van der Waals surface area contributed by atoms with E-state index in [2.05, 4.69) is 29.4 Å². The van der Waals surface area contributed by atoms with Crippen LogP contribution in [0.1, 0.15) is 34.8 Å². The number of nitrogens with zero attached hydrogens (tertiary/aromatic N) is 1. The summed E-state index contributed by atoms with van der Waals surface area (Å²) in [5.41, 5.74) is 1.89. The maximum Gasteiger partial charge on any atom is 0.150 e. The summed E-state index contributed by atoms with van der Waals surface area (Å²) in [5, 5.41) is 3.54. The van der Waals surface area contributed by atoms with E-state index in [1.54, 1.807) is 0 Å². The van der Waals surface area contributed by atoms with Gasteiger partial charge in [0.05, 0.1) is 0 Å². The normalized spacial score (nSPS) is 22.0. The van der Waals surface area contributed by atoms with Gasteiger partial charge in [-0.2, -0.15) is 0 Å². The van der Waals surface area contributed by atoms with Crippen molar-refractivity contribution in [3.63, 3.8) is 0 Å². The van der Waals surface area contributed by atoms with E-state index in [0.717, 1.165) is 49.9 Å². The molecule has 0 amide bonds. The van der Waals surface area contributed by atoms with E-state index >= 15 is 0 Å². The van der Waals surface area contributed by atoms with Crippen LogP contribution in [0.25, 0.3) is 0 Å². The predicted molar refractivity (Wildman–Crippen MR) is 87.6 cm³/mol. The van der Waals surface area contributed by atoms with Crippen molar-refractivity contribution in [2.24, 2.45) is 0 Å². The van der Waals surface area contributed by atoms with Gasteiger partial charge in [-0.1, -0.05) is 36.4 Å². The Bertz CT molecular complexity index is 488. The van der Waals surface area contributed by atoms with Crippen LogP contribution in [-0.4, -0.2) is 36.9 Å². The van der Waals surface area contributed by atoms with Gasteiger partial charge in [-0.15, -0.1) is 13.2 Å². The van der Waals surface area contributed by atoms with Gasteiger partial charge >= 0.3 is 0 Å². The summed E-state index contributed by atoms with van der Waals surface area (Å²) in [6.07, 6.45) is 6.96. The molecule has 1 fully saturated rings. The molecule has 1 N–H and O–H groups in total. The maximum atomic E-state index is 11.2. The second kappa shape index (κ2) is 7.91. The molecule has 21 heavy (non-hydrogen) atoms. The Hall–Kier alpha value is -1.71. The van der Waals surface area contributed by atoms with Crippen molar-refractivity contribution < 1.29 is 4.79 Å². The summed E-state index contributed by atoms with van der Waals surface area (Å²) in [5.74, 6) is 0. The minimum absolute atomic E-state index is 0.238. The van der Waals surface area contributed by atoms with E-state index in [1.807, 2.05) is 30.4 Å². The first-order valence-corrected chi connectivity index (χ1v) is 7.53. The third-order valence-electron chi connectivity index (χ3n) is 4.12. The highest BCUT2D eigenvalue weighted by molar-refractivity contribution is 5.77. The molecule has 112 valence electrons. The molecule has 1 saturated heterocycles. The largest absolute Gasteiger partial charge is 0.310 e. The van der Waals surface area contributed by atoms with Crippen LogP contribution in [-0.2, 0) is 0 Å². The number of aldehydes is 1. The lowest BCUT2D eigenvalue weighted by molar-refractivity contribution is 0.112. The molecule has 0 aliphatic carbocycles. The quantitative estimate of drug-likeness (QED) is 0.617. The SMILES string of the molecule is C=CCN(CC=C)C1CCNC(c2ccccc2C=O)C1. The highest BCUT2D eigenvalue weighted by atomic mass is 16.1. The minimum atomic E-state index is 0.238. The zero-order chi connectivity index (χ0) is 15.1. The molecule has 3 nitrogen and oxygen atoms in total. The van der Waals surface area contributed by atoms with Crippen molar-refractivity contribution >= 4 is 6.29 Å². The van der Waals surface area contributed by atoms with E-state index in [1.165, 1.54) is 0 Å². The van der Waals surface area contributed by atoms with Gasteiger partial charge in [0.1, 0.15) is 6.29 Å². The van der Waals surface area contributed by atoms with E-state index in [0.29, 0.717) is 6.04 Å². The average Bonchev–Trinajstić information content (AvgIpc) is 2.55. The van der Waals surface area contributed by atoms with Crippen molar-refractivity contribution in [3.8, 4) is 0 Å². The first-order valence-electron chi connectivity index (χ1n) is 7.53. The molecular formula is C18H24N2O. The van der Waals surface area contributed by atoms with Crippen LogP contribution in [0.15, 0.2) is 49.6 Å². The van der Waals surface area contributed by atoms with E-state index < -0.39 is 0 Å². The summed E-state index contributed by atoms with van der Waals surface area (Å²) in [6, 6.07) is 8.58. The third kappa shape index (κ3) is 3.90. The number of carbonyl (C=O) groups excluding carboxylic acids is 1. The van der Waals surface area contributed by atoms with Gasteiger partial charge < -0.3 is 5.32 Å². The monoisotopic (exact) mass is 284 g/mol. The Kier molecular flexibility index (Phi) is 5.90. The second-order valence-corrected chi connectivity index (χ2v) is 5.46. The summed E-state index contributed by atoms with van der Waals surface area (Å²) in [6.45, 7) is 10.4. The van der Waals surface area contributed by atoms with Crippen LogP contribution in [0, 0.1) is 0 Å². The number of piperidine rings is 1. The maximum absolute atomic E-state index is 11.2. The molecule has 2 unspecified atom stereocenters. The molecule has 1 aromatic carbocycles. The van der Waals surface area contributed by atoms with E-state index in [4.69, 9.17) is 0 Å². The number of rotatable bonds is 7. The van der Waals surface area contributed by atoms with Crippen molar-refractivity contribution in [2.75, 3.05) is 19.6 Å². The highest BCUT2D eigenvalue weighted by Gasteiger charge is 2.27. The minimum Gasteiger partial charge on any atom is -0.310 e. The van der Waals surface area contributed by atoms with Gasteiger partial charge in [-0.25, -0.2) is 0 Å². The molecule has 1 aliphatic heterocycles. The highest BCUT2D eigenvalue weighted by Crippen LogP contribution is 2.28. The van der Waals surface area contributed by atoms with Crippen LogP contribution >= 0.6 is 0 Å². The van der Waals surface area contributed by atoms with E-state index in [9.17, 15) is 4.79 Å². The Morgan fingerprint density at radius 1 is 1.24 bits per heavy atom. The summed E-state index contributed by atoms with van der Waals surface area (Å²) in [7, 11) is 0. The van der Waals surface area contributed by atoms with Gasteiger partial charge in [0, 0.05) is 30.7 Å². The van der Waals surface area contributed by atoms with Crippen molar-refractivity contribution in [1.82, 2.24) is 10.2 Å². The molecule has 2 rings (SSSR count). The molecule has 0 radical (unpaired) electrons. The van der Waals surface area contributed by atoms with Crippen molar-refractivity contribution in [3.05, 3.63) is 60.7 Å². The topological polar surface area (TPSA) is 32.3 Å². The molecule has 2 atom stereocenters. The fourth-order valence-electron chi connectivity index (χ4n) is 3.11. The smallest absolute Gasteiger partial charge is 0.150 e. The number of hydrogen-bond acceptors (Lipinski definition) is 3. The van der Waals surface area contributed by atoms with Crippen LogP contribution in [0.2, 0.25) is 0 Å². The van der Waals surface area contributed by atoms with E-state index in [-0.39, 0.29) is 6.04 Å². The molecule has 1 heterocycles. The fourth-order valence-corrected chi connectivity index (χ4v) is 3.11. The first kappa shape index (κ1) is 15.7. The van der Waals surface area contributed by atoms with Crippen LogP contribution in [0.3, 0.4) is 0 Å². The first-order chi connectivity index (χ1) is 10.3. The zero-order valence-electron chi connectivity index (χ0n) is 12.5. The lowest BCUT2D eigenvalue weighted by Gasteiger charge is -2.37. The van der Waals surface area contributed by atoms with Crippen LogP contribution in [0.5, 0.6) is 0 Å². The molecule has 3 heteroatoms. The van der Waals surface area contributed by atoms with Gasteiger partial charge in [0.2, 0.25) is 0 Å². The molecule has 0 bridgehead atoms. The van der Waals surface area contributed by atoms with Crippen molar-refractivity contribution in [1.29, 1.82) is 0 Å². The average molecular weight is 284 g/mol. The van der Waals surface area contributed by atoms with Gasteiger partial charge in [0.15, 0.2) is 0 Å². The zero-order valence-corrected chi connectivity index (χ0v) is 12.5. The molecule has 1 aliphatic rings. The van der Waals surface area contributed by atoms with Crippen LogP contribution < -0.4 is 5.32 Å². The summed E-state index contributed by atoms with van der Waals surface area (Å²) < 4.78 is 0. The lowest BCUT2D eigenvalue weighted by atomic mass is 9.90. The molecular weight excluding hydrogens is 260 g/mol. The Balaban J connectivity index is 2.14. The van der Waals surface area contributed by atoms with Gasteiger partial charge in [-0.05, 0) is 24.9 Å². The summed E-state index contributed by atoms with van der Waals surface area (Å²) in [4.78, 5) is 13.6. The number of hydrogen-bond donors (Lipinski definition) is 1. The second-order valence-electron chi connectivity index (χ2n) is 5.46. The lowest BCUT2D eigenvalue weighted by Crippen LogP contribution is -2.44. The number of nitrogens with one attached hydrogen (secondary N) is 1. The standard InChI is InChI=1S/C18H24N2O/c1-3-11-20(12-4-2)16-9-10-19-18(13-16)17-8-6-5-7-15(17)14-21/h3-8,14,16,18-19H,1-2,9-13H2.